The van der Waals surface area contributed by atoms with Crippen LogP contribution in [0.2, 0.25) is 0 Å². The number of anilines is 2. The fourth-order valence-corrected chi connectivity index (χ4v) is 3.03. The molecule has 3 rings (SSSR count). The highest BCUT2D eigenvalue weighted by molar-refractivity contribution is 5.93. The van der Waals surface area contributed by atoms with Crippen molar-refractivity contribution in [1.82, 2.24) is 4.90 Å². The normalized spacial score (nSPS) is 17.7. The summed E-state index contributed by atoms with van der Waals surface area (Å²) in [6.07, 6.45) is 0.517. The first-order chi connectivity index (χ1) is 11.5. The molecule has 2 aromatic carbocycles. The molecule has 1 fully saturated rings. The highest BCUT2D eigenvalue weighted by atomic mass is 16.6. The molecule has 126 valence electrons. The van der Waals surface area contributed by atoms with Gasteiger partial charge < -0.3 is 15.4 Å². The number of para-hydroxylation sites is 1. The lowest BCUT2D eigenvalue weighted by Crippen LogP contribution is -2.32. The number of ether oxygens (including phenoxy) is 1. The van der Waals surface area contributed by atoms with Gasteiger partial charge in [0.1, 0.15) is 6.10 Å². The summed E-state index contributed by atoms with van der Waals surface area (Å²) in [5.74, 6) is 0. The molecule has 0 aliphatic carbocycles. The van der Waals surface area contributed by atoms with Gasteiger partial charge >= 0.3 is 6.09 Å². The first-order valence-electron chi connectivity index (χ1n) is 8.12. The van der Waals surface area contributed by atoms with Gasteiger partial charge in [-0.3, -0.25) is 4.90 Å². The molecule has 1 aliphatic heterocycles. The Morgan fingerprint density at radius 1 is 1.25 bits per heavy atom. The third-order valence-electron chi connectivity index (χ3n) is 4.35. The second-order valence-electron chi connectivity index (χ2n) is 6.26. The zero-order valence-corrected chi connectivity index (χ0v) is 14.1. The number of hydrogen-bond donors (Lipinski definition) is 1. The summed E-state index contributed by atoms with van der Waals surface area (Å²) >= 11 is 0. The molecular weight excluding hydrogens is 302 g/mol. The van der Waals surface area contributed by atoms with Crippen LogP contribution in [0.15, 0.2) is 48.5 Å². The van der Waals surface area contributed by atoms with Crippen molar-refractivity contribution in [2.24, 2.45) is 0 Å². The number of nitrogens with zero attached hydrogens (tertiary/aromatic N) is 2. The Morgan fingerprint density at radius 3 is 2.75 bits per heavy atom. The zero-order chi connectivity index (χ0) is 17.1. The zero-order valence-electron chi connectivity index (χ0n) is 14.1. The summed E-state index contributed by atoms with van der Waals surface area (Å²) < 4.78 is 5.63. The predicted octanol–water partition coefficient (Wildman–Crippen LogP) is 3.21. The maximum Gasteiger partial charge on any atom is 0.414 e. The largest absolute Gasteiger partial charge is 0.444 e. The number of carbonyl (C=O) groups is 1. The molecule has 24 heavy (non-hydrogen) atoms. The molecule has 2 aromatic rings. The van der Waals surface area contributed by atoms with E-state index in [1.807, 2.05) is 55.6 Å². The Labute approximate surface area is 142 Å². The lowest BCUT2D eigenvalue weighted by Gasteiger charge is -2.22. The topological polar surface area (TPSA) is 58.8 Å². The van der Waals surface area contributed by atoms with Gasteiger partial charge in [0.15, 0.2) is 0 Å². The minimum atomic E-state index is -0.327. The number of likely N-dealkylation sites (tertiary alicyclic amines) is 1. The predicted molar refractivity (Wildman–Crippen MR) is 97.1 cm³/mol. The monoisotopic (exact) mass is 325 g/mol. The maximum atomic E-state index is 12.5. The third-order valence-corrected chi connectivity index (χ3v) is 4.35. The number of carbonyl (C=O) groups excluding carboxylic acids is 1. The summed E-state index contributed by atoms with van der Waals surface area (Å²) in [6.45, 7) is 1.75. The van der Waals surface area contributed by atoms with Gasteiger partial charge in [-0.25, -0.2) is 4.79 Å². The second-order valence-corrected chi connectivity index (χ2v) is 6.26. The molecule has 1 amide bonds. The van der Waals surface area contributed by atoms with Crippen LogP contribution in [-0.4, -0.2) is 44.3 Å². The molecule has 0 bridgehead atoms. The smallest absolute Gasteiger partial charge is 0.414 e. The molecule has 5 heteroatoms. The minimum Gasteiger partial charge on any atom is -0.444 e. The van der Waals surface area contributed by atoms with Crippen molar-refractivity contribution >= 4 is 17.5 Å². The van der Waals surface area contributed by atoms with Crippen LogP contribution in [0.4, 0.5) is 16.2 Å². The summed E-state index contributed by atoms with van der Waals surface area (Å²) in [5, 5.41) is 0. The van der Waals surface area contributed by atoms with Gasteiger partial charge in [-0.2, -0.15) is 0 Å². The maximum absolute atomic E-state index is 12.5. The molecule has 0 saturated carbocycles. The average Bonchev–Trinajstić information content (AvgIpc) is 2.99. The van der Waals surface area contributed by atoms with Crippen LogP contribution in [0.3, 0.4) is 0 Å². The molecular formula is C19H23N3O2. The highest BCUT2D eigenvalue weighted by Gasteiger charge is 2.25. The number of amides is 1. The Bertz CT molecular complexity index is 732. The van der Waals surface area contributed by atoms with Crippen LogP contribution in [0.1, 0.15) is 6.42 Å². The van der Waals surface area contributed by atoms with Crippen LogP contribution < -0.4 is 10.6 Å². The Kier molecular flexibility index (Phi) is 4.71. The molecule has 1 saturated heterocycles. The summed E-state index contributed by atoms with van der Waals surface area (Å²) in [5.41, 5.74) is 9.32. The van der Waals surface area contributed by atoms with Gasteiger partial charge in [0.05, 0.1) is 5.69 Å². The van der Waals surface area contributed by atoms with Gasteiger partial charge in [-0.05, 0) is 37.2 Å². The highest BCUT2D eigenvalue weighted by Crippen LogP contribution is 2.31. The van der Waals surface area contributed by atoms with Crippen molar-refractivity contribution in [2.75, 3.05) is 37.8 Å². The number of nitrogen functional groups attached to an aromatic ring is 1. The number of benzene rings is 2. The van der Waals surface area contributed by atoms with Crippen LogP contribution in [0, 0.1) is 0 Å². The van der Waals surface area contributed by atoms with Crippen molar-refractivity contribution < 1.29 is 9.53 Å². The van der Waals surface area contributed by atoms with E-state index in [9.17, 15) is 4.79 Å². The van der Waals surface area contributed by atoms with Crippen LogP contribution in [0.5, 0.6) is 0 Å². The van der Waals surface area contributed by atoms with E-state index in [2.05, 4.69) is 4.90 Å². The van der Waals surface area contributed by atoms with Crippen molar-refractivity contribution in [3.63, 3.8) is 0 Å². The fourth-order valence-electron chi connectivity index (χ4n) is 3.03. The Balaban J connectivity index is 1.82. The number of rotatable bonds is 3. The SMILES string of the molecule is CN1CC[C@@H](OC(=O)N(C)c2ccccc2-c2cccc(N)c2)C1. The second kappa shape index (κ2) is 6.93. The van der Waals surface area contributed by atoms with Gasteiger partial charge in [-0.1, -0.05) is 30.3 Å². The quantitative estimate of drug-likeness (QED) is 0.880. The van der Waals surface area contributed by atoms with E-state index in [-0.39, 0.29) is 12.2 Å². The molecule has 2 N–H and O–H groups in total. The first kappa shape index (κ1) is 16.3. The molecule has 0 aromatic heterocycles. The van der Waals surface area contributed by atoms with Crippen LogP contribution in [0.25, 0.3) is 11.1 Å². The molecule has 1 heterocycles. The fraction of sp³-hybridized carbons (Fsp3) is 0.316. The van der Waals surface area contributed by atoms with Gasteiger partial charge in [0.2, 0.25) is 0 Å². The van der Waals surface area contributed by atoms with E-state index >= 15 is 0 Å². The molecule has 1 aliphatic rings. The number of hydrogen-bond acceptors (Lipinski definition) is 4. The summed E-state index contributed by atoms with van der Waals surface area (Å²) in [4.78, 5) is 16.2. The number of nitrogens with two attached hydrogens (primary N) is 1. The summed E-state index contributed by atoms with van der Waals surface area (Å²) in [7, 11) is 3.78. The molecule has 0 spiro atoms. The van der Waals surface area contributed by atoms with E-state index in [0.717, 1.165) is 36.3 Å². The van der Waals surface area contributed by atoms with Gasteiger partial charge in [0, 0.05) is 31.4 Å². The molecule has 0 radical (unpaired) electrons. The average molecular weight is 325 g/mol. The number of likely N-dealkylation sites (N-methyl/N-ethyl adjacent to an activating group) is 1. The van der Waals surface area contributed by atoms with E-state index in [1.165, 1.54) is 0 Å². The van der Waals surface area contributed by atoms with Gasteiger partial charge in [0.25, 0.3) is 0 Å². The van der Waals surface area contributed by atoms with Crippen molar-refractivity contribution in [2.45, 2.75) is 12.5 Å². The van der Waals surface area contributed by atoms with Crippen molar-refractivity contribution in [3.05, 3.63) is 48.5 Å². The van der Waals surface area contributed by atoms with Crippen LogP contribution >= 0.6 is 0 Å². The third kappa shape index (κ3) is 3.51. The Hall–Kier alpha value is -2.53. The lowest BCUT2D eigenvalue weighted by molar-refractivity contribution is 0.110. The van der Waals surface area contributed by atoms with Gasteiger partial charge in [-0.15, -0.1) is 0 Å². The molecule has 0 unspecified atom stereocenters. The first-order valence-corrected chi connectivity index (χ1v) is 8.12. The molecule has 5 nitrogen and oxygen atoms in total. The van der Waals surface area contributed by atoms with Crippen molar-refractivity contribution in [1.29, 1.82) is 0 Å². The minimum absolute atomic E-state index is 0.0375. The van der Waals surface area contributed by atoms with Crippen molar-refractivity contribution in [3.8, 4) is 11.1 Å². The van der Waals surface area contributed by atoms with Crippen LogP contribution in [-0.2, 0) is 4.74 Å². The summed E-state index contributed by atoms with van der Waals surface area (Å²) in [6, 6.07) is 15.4. The lowest BCUT2D eigenvalue weighted by atomic mass is 10.0. The van der Waals surface area contributed by atoms with E-state index in [4.69, 9.17) is 10.5 Å². The Morgan fingerprint density at radius 2 is 2.04 bits per heavy atom. The van der Waals surface area contributed by atoms with E-state index in [1.54, 1.807) is 11.9 Å². The van der Waals surface area contributed by atoms with E-state index < -0.39 is 0 Å². The standard InChI is InChI=1S/C19H23N3O2/c1-21-11-10-16(13-21)24-19(23)22(2)18-9-4-3-8-17(18)14-6-5-7-15(20)12-14/h3-9,12,16H,10-11,13,20H2,1-2H3/t16-/m1/s1. The van der Waals surface area contributed by atoms with E-state index in [0.29, 0.717) is 5.69 Å². The molecule has 1 atom stereocenters.